The quantitative estimate of drug-likeness (QED) is 0.596. The van der Waals surface area contributed by atoms with Crippen molar-refractivity contribution in [2.75, 3.05) is 13.7 Å². The van der Waals surface area contributed by atoms with Gasteiger partial charge in [0.05, 0.1) is 12.0 Å². The van der Waals surface area contributed by atoms with E-state index in [1.165, 1.54) is 5.69 Å². The second-order valence-electron chi connectivity index (χ2n) is 3.04. The Balaban J connectivity index is 0.000000423. The fourth-order valence-corrected chi connectivity index (χ4v) is 1.02. The maximum absolute atomic E-state index is 4.94. The Kier molecular flexibility index (Phi) is 8.39. The molecule has 0 unspecified atom stereocenters. The van der Waals surface area contributed by atoms with Crippen LogP contribution >= 0.6 is 0 Å². The molecule has 1 N–H and O–H groups in total. The molecule has 0 saturated carbocycles. The van der Waals surface area contributed by atoms with E-state index >= 15 is 0 Å². The first kappa shape index (κ1) is 13.7. The number of aromatic nitrogens is 2. The summed E-state index contributed by atoms with van der Waals surface area (Å²) in [5.74, 6) is 0. The Labute approximate surface area is 91.9 Å². The summed E-state index contributed by atoms with van der Waals surface area (Å²) in [6.45, 7) is 9.57. The third-order valence-corrected chi connectivity index (χ3v) is 1.86. The minimum absolute atomic E-state index is 0.812. The normalized spacial score (nSPS) is 8.93. The fraction of sp³-hybridized carbons (Fsp3) is 0.417. The molecule has 0 spiro atoms. The number of hydrogen-bond acceptors (Lipinski definition) is 2. The molecule has 3 heteroatoms. The van der Waals surface area contributed by atoms with E-state index in [-0.39, 0.29) is 0 Å². The van der Waals surface area contributed by atoms with Crippen LogP contribution in [-0.4, -0.2) is 23.7 Å². The summed E-state index contributed by atoms with van der Waals surface area (Å²) >= 11 is 0. The zero-order valence-electron chi connectivity index (χ0n) is 9.62. The van der Waals surface area contributed by atoms with Gasteiger partial charge in [-0.05, 0) is 19.8 Å². The molecule has 1 rings (SSSR count). The van der Waals surface area contributed by atoms with Crippen molar-refractivity contribution in [1.29, 1.82) is 0 Å². The van der Waals surface area contributed by atoms with Crippen LogP contribution < -0.4 is 0 Å². The average molecular weight is 208 g/mol. The first-order valence-electron chi connectivity index (χ1n) is 4.97. The van der Waals surface area contributed by atoms with Crippen LogP contribution in [0.25, 0.3) is 0 Å². The molecule has 0 bridgehead atoms. The van der Waals surface area contributed by atoms with Crippen molar-refractivity contribution in [2.24, 2.45) is 0 Å². The van der Waals surface area contributed by atoms with Gasteiger partial charge in [-0.25, -0.2) is 4.98 Å². The molecular formula is C12H20N2O. The first-order valence-corrected chi connectivity index (χ1v) is 4.97. The average Bonchev–Trinajstić information content (AvgIpc) is 2.65. The van der Waals surface area contributed by atoms with E-state index in [2.05, 4.69) is 23.1 Å². The summed E-state index contributed by atoms with van der Waals surface area (Å²) in [6.07, 6.45) is 7.06. The number of aryl methyl sites for hydroxylation is 2. The Morgan fingerprint density at radius 1 is 1.47 bits per heavy atom. The number of imidazole rings is 1. The van der Waals surface area contributed by atoms with Gasteiger partial charge in [-0.3, -0.25) is 0 Å². The van der Waals surface area contributed by atoms with E-state index in [9.17, 15) is 0 Å². The molecule has 84 valence electrons. The molecule has 3 nitrogen and oxygen atoms in total. The van der Waals surface area contributed by atoms with Crippen LogP contribution in [0.2, 0.25) is 0 Å². The zero-order chi connectivity index (χ0) is 11.5. The zero-order valence-corrected chi connectivity index (χ0v) is 9.62. The van der Waals surface area contributed by atoms with Crippen LogP contribution in [0.3, 0.4) is 0 Å². The summed E-state index contributed by atoms with van der Waals surface area (Å²) in [5.41, 5.74) is 2.32. The Morgan fingerprint density at radius 2 is 2.13 bits per heavy atom. The molecule has 0 radical (unpaired) electrons. The second kappa shape index (κ2) is 9.21. The summed E-state index contributed by atoms with van der Waals surface area (Å²) < 4.78 is 4.94. The molecule has 15 heavy (non-hydrogen) atoms. The maximum atomic E-state index is 4.94. The molecule has 0 aliphatic rings. The summed E-state index contributed by atoms with van der Waals surface area (Å²) in [4.78, 5) is 7.22. The van der Waals surface area contributed by atoms with E-state index in [0.29, 0.717) is 0 Å². The smallest absolute Gasteiger partial charge is 0.0925 e. The predicted molar refractivity (Wildman–Crippen MR) is 63.9 cm³/mol. The van der Waals surface area contributed by atoms with E-state index in [0.717, 1.165) is 25.1 Å². The molecular weight excluding hydrogens is 188 g/mol. The summed E-state index contributed by atoms with van der Waals surface area (Å²) in [7, 11) is 1.72. The number of hydrogen-bond donors (Lipinski definition) is 1. The lowest BCUT2D eigenvalue weighted by Crippen LogP contribution is -1.94. The standard InChI is InChI=1S/C8H14N2O.C4H6/c1-7-8(10-6-9-7)4-3-5-11-2;1-3-4-2/h6H,3-5H2,1-2H3,(H,9,10);3-4H,1-2H2. The molecule has 0 saturated heterocycles. The second-order valence-corrected chi connectivity index (χ2v) is 3.04. The Hall–Kier alpha value is -1.35. The number of ether oxygens (including phenoxy) is 1. The van der Waals surface area contributed by atoms with Gasteiger partial charge < -0.3 is 9.72 Å². The number of nitrogens with one attached hydrogen (secondary N) is 1. The van der Waals surface area contributed by atoms with Crippen LogP contribution in [-0.2, 0) is 11.2 Å². The summed E-state index contributed by atoms with van der Waals surface area (Å²) in [5, 5.41) is 0. The fourth-order valence-electron chi connectivity index (χ4n) is 1.02. The van der Waals surface area contributed by atoms with Crippen molar-refractivity contribution in [3.8, 4) is 0 Å². The number of methoxy groups -OCH3 is 1. The number of allylic oxidation sites excluding steroid dienone is 2. The molecule has 1 heterocycles. The van der Waals surface area contributed by atoms with E-state index in [1.807, 2.05) is 6.92 Å². The van der Waals surface area contributed by atoms with Gasteiger partial charge in [-0.2, -0.15) is 0 Å². The molecule has 0 amide bonds. The molecule has 0 aliphatic heterocycles. The highest BCUT2D eigenvalue weighted by molar-refractivity contribution is 5.08. The van der Waals surface area contributed by atoms with Crippen molar-refractivity contribution >= 4 is 0 Å². The molecule has 0 aliphatic carbocycles. The Morgan fingerprint density at radius 3 is 2.53 bits per heavy atom. The van der Waals surface area contributed by atoms with Crippen LogP contribution in [0.15, 0.2) is 31.6 Å². The van der Waals surface area contributed by atoms with E-state index in [1.54, 1.807) is 25.6 Å². The van der Waals surface area contributed by atoms with Gasteiger partial charge in [-0.1, -0.05) is 25.3 Å². The van der Waals surface area contributed by atoms with Gasteiger partial charge in [0.25, 0.3) is 0 Å². The minimum Gasteiger partial charge on any atom is -0.385 e. The number of H-pyrrole nitrogens is 1. The van der Waals surface area contributed by atoms with Crippen LogP contribution in [0.4, 0.5) is 0 Å². The van der Waals surface area contributed by atoms with E-state index < -0.39 is 0 Å². The SMILES string of the molecule is C=CC=C.COCCCc1nc[nH]c1C. The van der Waals surface area contributed by atoms with Gasteiger partial charge in [0.1, 0.15) is 0 Å². The maximum Gasteiger partial charge on any atom is 0.0925 e. The first-order chi connectivity index (χ1) is 7.26. The number of nitrogens with zero attached hydrogens (tertiary/aromatic N) is 1. The predicted octanol–water partition coefficient (Wildman–Crippen LogP) is 2.66. The van der Waals surface area contributed by atoms with Crippen LogP contribution in [0.1, 0.15) is 17.8 Å². The summed E-state index contributed by atoms with van der Waals surface area (Å²) in [6, 6.07) is 0. The third kappa shape index (κ3) is 6.69. The van der Waals surface area contributed by atoms with Crippen molar-refractivity contribution < 1.29 is 4.74 Å². The third-order valence-electron chi connectivity index (χ3n) is 1.86. The lowest BCUT2D eigenvalue weighted by molar-refractivity contribution is 0.195. The van der Waals surface area contributed by atoms with Gasteiger partial charge in [0.15, 0.2) is 0 Å². The molecule has 0 fully saturated rings. The molecule has 0 aromatic carbocycles. The van der Waals surface area contributed by atoms with Crippen molar-refractivity contribution in [3.63, 3.8) is 0 Å². The van der Waals surface area contributed by atoms with Gasteiger partial charge in [0.2, 0.25) is 0 Å². The highest BCUT2D eigenvalue weighted by Crippen LogP contribution is 2.03. The minimum atomic E-state index is 0.812. The monoisotopic (exact) mass is 208 g/mol. The van der Waals surface area contributed by atoms with Crippen molar-refractivity contribution in [3.05, 3.63) is 43.0 Å². The van der Waals surface area contributed by atoms with Crippen LogP contribution in [0, 0.1) is 6.92 Å². The highest BCUT2D eigenvalue weighted by atomic mass is 16.5. The number of rotatable bonds is 5. The molecule has 1 aromatic heterocycles. The van der Waals surface area contributed by atoms with Crippen molar-refractivity contribution in [1.82, 2.24) is 9.97 Å². The highest BCUT2D eigenvalue weighted by Gasteiger charge is 1.98. The largest absolute Gasteiger partial charge is 0.385 e. The van der Waals surface area contributed by atoms with Gasteiger partial charge >= 0.3 is 0 Å². The molecule has 0 atom stereocenters. The topological polar surface area (TPSA) is 37.9 Å². The van der Waals surface area contributed by atoms with Crippen LogP contribution in [0.5, 0.6) is 0 Å². The number of aromatic amines is 1. The van der Waals surface area contributed by atoms with Crippen molar-refractivity contribution in [2.45, 2.75) is 19.8 Å². The lowest BCUT2D eigenvalue weighted by atomic mass is 10.2. The van der Waals surface area contributed by atoms with E-state index in [4.69, 9.17) is 4.74 Å². The Bertz CT molecular complexity index is 273. The lowest BCUT2D eigenvalue weighted by Gasteiger charge is -1.97. The van der Waals surface area contributed by atoms with Gasteiger partial charge in [-0.15, -0.1) is 0 Å². The molecule has 1 aromatic rings. The van der Waals surface area contributed by atoms with Gasteiger partial charge in [0, 0.05) is 19.4 Å².